The van der Waals surface area contributed by atoms with Crippen LogP contribution in [0.25, 0.3) is 22.8 Å². The zero-order valence-corrected chi connectivity index (χ0v) is 16.0. The molecule has 5 rings (SSSR count). The molecule has 30 heavy (non-hydrogen) atoms. The van der Waals surface area contributed by atoms with E-state index in [1.54, 1.807) is 24.3 Å². The van der Waals surface area contributed by atoms with E-state index in [9.17, 15) is 18.4 Å². The second-order valence-corrected chi connectivity index (χ2v) is 7.36. The summed E-state index contributed by atoms with van der Waals surface area (Å²) in [6, 6.07) is 9.03. The number of halogens is 2. The van der Waals surface area contributed by atoms with Gasteiger partial charge in [-0.1, -0.05) is 24.3 Å². The number of H-pyrrole nitrogens is 1. The Bertz CT molecular complexity index is 1270. The molecule has 150 valence electrons. The van der Waals surface area contributed by atoms with Gasteiger partial charge in [0.05, 0.1) is 11.1 Å². The van der Waals surface area contributed by atoms with Gasteiger partial charge in [-0.15, -0.1) is 0 Å². The molecule has 3 heterocycles. The number of hydrogen-bond donors (Lipinski definition) is 3. The van der Waals surface area contributed by atoms with E-state index in [2.05, 4.69) is 15.6 Å². The number of fused-ring (bicyclic) bond motifs is 2. The van der Waals surface area contributed by atoms with Crippen LogP contribution in [0.4, 0.5) is 14.5 Å². The van der Waals surface area contributed by atoms with E-state index >= 15 is 0 Å². The second kappa shape index (κ2) is 6.66. The maximum absolute atomic E-state index is 14.5. The summed E-state index contributed by atoms with van der Waals surface area (Å²) in [6.45, 7) is 2.37. The fraction of sp³-hybridized carbons (Fsp3) is 0.130. The van der Waals surface area contributed by atoms with Crippen LogP contribution < -0.4 is 10.6 Å². The highest BCUT2D eigenvalue weighted by molar-refractivity contribution is 6.36. The van der Waals surface area contributed by atoms with Crippen molar-refractivity contribution in [2.75, 3.05) is 11.9 Å². The fourth-order valence-electron chi connectivity index (χ4n) is 4.18. The molecule has 5 nitrogen and oxygen atoms in total. The average molecular weight is 405 g/mol. The third kappa shape index (κ3) is 2.66. The monoisotopic (exact) mass is 405 g/mol. The normalized spacial score (nSPS) is 16.3. The largest absolute Gasteiger partial charge is 0.358 e. The third-order valence-electron chi connectivity index (χ3n) is 5.61. The summed E-state index contributed by atoms with van der Waals surface area (Å²) in [5.41, 5.74) is 4.66. The summed E-state index contributed by atoms with van der Waals surface area (Å²) in [4.78, 5) is 28.2. The van der Waals surface area contributed by atoms with E-state index in [0.717, 1.165) is 17.3 Å². The van der Waals surface area contributed by atoms with Gasteiger partial charge < -0.3 is 15.6 Å². The van der Waals surface area contributed by atoms with Crippen LogP contribution in [0.3, 0.4) is 0 Å². The molecule has 0 unspecified atom stereocenters. The van der Waals surface area contributed by atoms with E-state index in [0.29, 0.717) is 46.6 Å². The Labute approximate surface area is 170 Å². The summed E-state index contributed by atoms with van der Waals surface area (Å²) < 4.78 is 28.4. The molecule has 3 aromatic rings. The highest BCUT2D eigenvalue weighted by Gasteiger charge is 2.30. The SMILES string of the molecule is Cc1c(/C=C2\C(=O)Nc3cccc(-c4cccc(F)c4F)c32)[nH]c2c1C(=O)NCC2. The highest BCUT2D eigenvalue weighted by Crippen LogP contribution is 2.41. The fourth-order valence-corrected chi connectivity index (χ4v) is 4.18. The molecule has 0 saturated heterocycles. The zero-order chi connectivity index (χ0) is 21.0. The Morgan fingerprint density at radius 3 is 2.53 bits per heavy atom. The Morgan fingerprint density at radius 2 is 1.73 bits per heavy atom. The first-order valence-electron chi connectivity index (χ1n) is 9.56. The van der Waals surface area contributed by atoms with Gasteiger partial charge in [0, 0.05) is 41.2 Å². The van der Waals surface area contributed by atoms with Crippen molar-refractivity contribution in [3.8, 4) is 11.1 Å². The average Bonchev–Trinajstić information content (AvgIpc) is 3.22. The van der Waals surface area contributed by atoms with Crippen molar-refractivity contribution in [3.63, 3.8) is 0 Å². The van der Waals surface area contributed by atoms with Gasteiger partial charge in [-0.05, 0) is 36.3 Å². The third-order valence-corrected chi connectivity index (χ3v) is 5.61. The van der Waals surface area contributed by atoms with Crippen LogP contribution in [0.15, 0.2) is 36.4 Å². The van der Waals surface area contributed by atoms with Crippen LogP contribution in [-0.4, -0.2) is 23.3 Å². The van der Waals surface area contributed by atoms with Gasteiger partial charge in [0.25, 0.3) is 11.8 Å². The highest BCUT2D eigenvalue weighted by atomic mass is 19.2. The zero-order valence-electron chi connectivity index (χ0n) is 16.0. The lowest BCUT2D eigenvalue weighted by molar-refractivity contribution is -0.110. The predicted molar refractivity (Wildman–Crippen MR) is 110 cm³/mol. The number of anilines is 1. The number of aromatic nitrogens is 1. The number of aromatic amines is 1. The van der Waals surface area contributed by atoms with Crippen molar-refractivity contribution in [2.24, 2.45) is 0 Å². The molecule has 0 fully saturated rings. The maximum atomic E-state index is 14.5. The molecule has 2 aliphatic heterocycles. The Balaban J connectivity index is 1.70. The molecular formula is C23H17F2N3O2. The van der Waals surface area contributed by atoms with Crippen LogP contribution >= 0.6 is 0 Å². The van der Waals surface area contributed by atoms with Gasteiger partial charge in [0.2, 0.25) is 0 Å². The first-order chi connectivity index (χ1) is 14.5. The number of carbonyl (C=O) groups excluding carboxylic acids is 2. The standard InChI is InChI=1S/C23H17F2N3O2/c1-11-18(27-17-8-9-26-23(30)19(11)17)10-14-20-12(4-3-7-16(20)28-22(14)29)13-5-2-6-15(24)21(13)25/h2-7,10,27H,8-9H2,1H3,(H,26,30)(H,28,29)/b14-10-. The molecule has 7 heteroatoms. The topological polar surface area (TPSA) is 74.0 Å². The summed E-state index contributed by atoms with van der Waals surface area (Å²) in [7, 11) is 0. The molecule has 0 aliphatic carbocycles. The Morgan fingerprint density at radius 1 is 0.967 bits per heavy atom. The number of hydrogen-bond acceptors (Lipinski definition) is 2. The van der Waals surface area contributed by atoms with Crippen LogP contribution in [0, 0.1) is 18.6 Å². The van der Waals surface area contributed by atoms with Crippen molar-refractivity contribution in [2.45, 2.75) is 13.3 Å². The minimum absolute atomic E-state index is 0.0797. The van der Waals surface area contributed by atoms with Crippen LogP contribution in [0.2, 0.25) is 0 Å². The second-order valence-electron chi connectivity index (χ2n) is 7.36. The van der Waals surface area contributed by atoms with Crippen molar-refractivity contribution in [1.82, 2.24) is 10.3 Å². The maximum Gasteiger partial charge on any atom is 0.256 e. The molecule has 2 aliphatic rings. The van der Waals surface area contributed by atoms with Gasteiger partial charge in [-0.25, -0.2) is 8.78 Å². The number of carbonyl (C=O) groups is 2. The van der Waals surface area contributed by atoms with Crippen LogP contribution in [0.1, 0.15) is 32.9 Å². The van der Waals surface area contributed by atoms with Crippen LogP contribution in [0.5, 0.6) is 0 Å². The molecule has 0 atom stereocenters. The van der Waals surface area contributed by atoms with E-state index < -0.39 is 11.6 Å². The van der Waals surface area contributed by atoms with Gasteiger partial charge in [-0.2, -0.15) is 0 Å². The molecule has 0 bridgehead atoms. The first-order valence-corrected chi connectivity index (χ1v) is 9.56. The Hall–Kier alpha value is -3.74. The van der Waals surface area contributed by atoms with Crippen molar-refractivity contribution >= 4 is 29.2 Å². The number of rotatable bonds is 2. The Kier molecular flexibility index (Phi) is 4.06. The minimum atomic E-state index is -0.965. The van der Waals surface area contributed by atoms with Gasteiger partial charge in [0.1, 0.15) is 0 Å². The summed E-state index contributed by atoms with van der Waals surface area (Å²) in [5, 5.41) is 5.60. The van der Waals surface area contributed by atoms with E-state index in [4.69, 9.17) is 0 Å². The number of benzene rings is 2. The molecular weight excluding hydrogens is 388 g/mol. The molecule has 1 aromatic heterocycles. The van der Waals surface area contributed by atoms with Crippen molar-refractivity contribution in [3.05, 3.63) is 76.1 Å². The first kappa shape index (κ1) is 18.3. The van der Waals surface area contributed by atoms with E-state index in [-0.39, 0.29) is 17.4 Å². The van der Waals surface area contributed by atoms with E-state index in [1.807, 2.05) is 6.92 Å². The summed E-state index contributed by atoms with van der Waals surface area (Å²) in [6.07, 6.45) is 2.34. The molecule has 0 saturated carbocycles. The molecule has 2 amide bonds. The van der Waals surface area contributed by atoms with Gasteiger partial charge in [0.15, 0.2) is 11.6 Å². The molecule has 0 radical (unpaired) electrons. The predicted octanol–water partition coefficient (Wildman–Crippen LogP) is 4.05. The van der Waals surface area contributed by atoms with Gasteiger partial charge in [-0.3, -0.25) is 9.59 Å². The van der Waals surface area contributed by atoms with Crippen molar-refractivity contribution < 1.29 is 18.4 Å². The van der Waals surface area contributed by atoms with E-state index in [1.165, 1.54) is 12.1 Å². The summed E-state index contributed by atoms with van der Waals surface area (Å²) in [5.74, 6) is -2.40. The minimum Gasteiger partial charge on any atom is -0.358 e. The number of nitrogens with one attached hydrogen (secondary N) is 3. The summed E-state index contributed by atoms with van der Waals surface area (Å²) >= 11 is 0. The lowest BCUT2D eigenvalue weighted by atomic mass is 9.93. The lowest BCUT2D eigenvalue weighted by Crippen LogP contribution is -2.31. The van der Waals surface area contributed by atoms with Crippen LogP contribution in [-0.2, 0) is 11.2 Å². The van der Waals surface area contributed by atoms with Crippen molar-refractivity contribution in [1.29, 1.82) is 0 Å². The lowest BCUT2D eigenvalue weighted by Gasteiger charge is -2.12. The quantitative estimate of drug-likeness (QED) is 0.563. The smallest absolute Gasteiger partial charge is 0.256 e. The number of amides is 2. The molecule has 2 aromatic carbocycles. The van der Waals surface area contributed by atoms with Gasteiger partial charge >= 0.3 is 0 Å². The molecule has 0 spiro atoms. The molecule has 3 N–H and O–H groups in total.